The third kappa shape index (κ3) is 20.8. The predicted molar refractivity (Wildman–Crippen MR) is 486 cm³/mol. The van der Waals surface area contributed by atoms with E-state index in [1.807, 2.05) is 0 Å². The van der Waals surface area contributed by atoms with Gasteiger partial charge in [-0.05, 0) is 285 Å². The summed E-state index contributed by atoms with van der Waals surface area (Å²) < 4.78 is 36.0. The van der Waals surface area contributed by atoms with Crippen molar-refractivity contribution in [3.8, 4) is 113 Å². The fourth-order valence-corrected chi connectivity index (χ4v) is 16.7. The number of aromatic nitrogens is 2. The lowest BCUT2D eigenvalue weighted by atomic mass is 9.89. The van der Waals surface area contributed by atoms with Crippen LogP contribution in [-0.4, -0.2) is 44.3 Å². The van der Waals surface area contributed by atoms with Crippen molar-refractivity contribution in [3.05, 3.63) is 224 Å². The smallest absolute Gasteiger partial charge is 0.250 e. The molecule has 0 saturated heterocycles. The lowest BCUT2D eigenvalue weighted by molar-refractivity contribution is 0.233. The number of benzene rings is 11. The van der Waals surface area contributed by atoms with Gasteiger partial charge in [0, 0.05) is 16.5 Å². The standard InChI is InChI=1S/C105H128N2O5Si/c1-15-24-31-74(20-6)70-108-92-52-40-79(41-53-92)85-62-86(80-42-54-93(55-43-80)109-71-75(21-7)32-25-16-2)65-89(64-85)83-48-60-96-99(68-83)100-69-84(49-61-97(100)103-102(96)106-104(107(103)91-50-38-78(39-51-91)35-28-19-5)98-36-29-30-37-101(98)112-113(13,14)105(10,11)12)90-66-87(81-44-56-94(57-45-81)110-72-76(22-8)33-26-17-3)63-88(67-90)82-46-58-95(59-47-82)111-73-77(23-9)34-27-18-4/h29-30,36-69,74-77H,15-28,31-35,70-73H2,1-14H3. The summed E-state index contributed by atoms with van der Waals surface area (Å²) in [4.78, 5) is 5.98. The topological polar surface area (TPSA) is 64.0 Å². The van der Waals surface area contributed by atoms with Crippen LogP contribution in [-0.2, 0) is 6.42 Å². The van der Waals surface area contributed by atoms with Gasteiger partial charge in [-0.15, -0.1) is 0 Å². The fourth-order valence-electron chi connectivity index (χ4n) is 15.6. The molecule has 0 amide bonds. The monoisotopic (exact) mass is 1520 g/mol. The van der Waals surface area contributed by atoms with Crippen LogP contribution in [0.4, 0.5) is 0 Å². The zero-order chi connectivity index (χ0) is 79.4. The molecule has 0 radical (unpaired) electrons. The van der Waals surface area contributed by atoms with Crippen LogP contribution in [0.15, 0.2) is 218 Å². The normalized spacial score (nSPS) is 13.0. The van der Waals surface area contributed by atoms with E-state index in [0.29, 0.717) is 23.7 Å². The quantitative estimate of drug-likeness (QED) is 0.0281. The highest BCUT2D eigenvalue weighted by molar-refractivity contribution is 6.74. The molecular weight excluding hydrogens is 1400 g/mol. The van der Waals surface area contributed by atoms with Gasteiger partial charge >= 0.3 is 0 Å². The molecule has 0 fully saturated rings. The van der Waals surface area contributed by atoms with Crippen LogP contribution in [0.5, 0.6) is 28.7 Å². The molecule has 4 atom stereocenters. The van der Waals surface area contributed by atoms with E-state index in [4.69, 9.17) is 28.4 Å². The number of ether oxygens (including phenoxy) is 4. The number of aryl methyl sites for hydroxylation is 1. The molecule has 0 saturated carbocycles. The number of imidazole rings is 1. The lowest BCUT2D eigenvalue weighted by Crippen LogP contribution is -2.44. The van der Waals surface area contributed by atoms with Crippen LogP contribution < -0.4 is 23.4 Å². The Labute approximate surface area is 679 Å². The summed E-state index contributed by atoms with van der Waals surface area (Å²) >= 11 is 0. The second-order valence-corrected chi connectivity index (χ2v) is 38.4. The third-order valence-electron chi connectivity index (χ3n) is 24.4. The summed E-state index contributed by atoms with van der Waals surface area (Å²) in [5.74, 6) is 7.47. The Balaban J connectivity index is 1.07. The van der Waals surface area contributed by atoms with Crippen molar-refractivity contribution < 1.29 is 23.4 Å². The Kier molecular flexibility index (Phi) is 29.1. The van der Waals surface area contributed by atoms with E-state index < -0.39 is 8.32 Å². The van der Waals surface area contributed by atoms with Crippen LogP contribution in [0, 0.1) is 23.7 Å². The van der Waals surface area contributed by atoms with Crippen molar-refractivity contribution in [2.24, 2.45) is 23.7 Å². The molecule has 0 aliphatic rings. The Morgan fingerprint density at radius 1 is 0.345 bits per heavy atom. The van der Waals surface area contributed by atoms with E-state index in [0.717, 1.165) is 217 Å². The molecule has 0 aliphatic carbocycles. The maximum absolute atomic E-state index is 7.40. The minimum absolute atomic E-state index is 0.0372. The minimum Gasteiger partial charge on any atom is -0.543 e. The summed E-state index contributed by atoms with van der Waals surface area (Å²) in [6.07, 6.45) is 22.2. The third-order valence-corrected chi connectivity index (χ3v) is 28.8. The van der Waals surface area contributed by atoms with Gasteiger partial charge in [-0.3, -0.25) is 4.57 Å². The lowest BCUT2D eigenvalue weighted by Gasteiger charge is -2.37. The number of para-hydroxylation sites is 1. The molecule has 0 spiro atoms. The van der Waals surface area contributed by atoms with Gasteiger partial charge < -0.3 is 23.4 Å². The summed E-state index contributed by atoms with van der Waals surface area (Å²) in [5, 5.41) is 4.40. The molecule has 7 nitrogen and oxygen atoms in total. The Bertz CT molecular complexity index is 4850. The highest BCUT2D eigenvalue weighted by Crippen LogP contribution is 2.47. The van der Waals surface area contributed by atoms with E-state index in [2.05, 4.69) is 319 Å². The maximum Gasteiger partial charge on any atom is 0.250 e. The first-order valence-corrected chi connectivity index (χ1v) is 46.4. The maximum atomic E-state index is 7.40. The van der Waals surface area contributed by atoms with Gasteiger partial charge in [-0.1, -0.05) is 264 Å². The zero-order valence-corrected chi connectivity index (χ0v) is 71.8. The number of nitrogens with zero attached hydrogens (tertiary/aromatic N) is 2. The van der Waals surface area contributed by atoms with Gasteiger partial charge in [0.25, 0.3) is 8.32 Å². The molecule has 0 N–H and O–H groups in total. The average molecular weight is 1530 g/mol. The highest BCUT2D eigenvalue weighted by Gasteiger charge is 2.40. The Morgan fingerprint density at radius 2 is 0.681 bits per heavy atom. The van der Waals surface area contributed by atoms with Crippen LogP contribution in [0.25, 0.3) is 116 Å². The highest BCUT2D eigenvalue weighted by atomic mass is 28.4. The number of hydrogen-bond donors (Lipinski definition) is 0. The van der Waals surface area contributed by atoms with E-state index in [1.54, 1.807) is 0 Å². The summed E-state index contributed by atoms with van der Waals surface area (Å²) in [5.41, 5.74) is 18.8. The molecule has 4 unspecified atom stereocenters. The molecule has 12 aromatic rings. The first-order chi connectivity index (χ1) is 54.9. The Morgan fingerprint density at radius 3 is 1.04 bits per heavy atom. The van der Waals surface area contributed by atoms with Gasteiger partial charge in [-0.2, -0.15) is 0 Å². The van der Waals surface area contributed by atoms with Crippen LogP contribution in [0.1, 0.15) is 204 Å². The number of fused-ring (bicyclic) bond motifs is 6. The first kappa shape index (κ1) is 83.1. The number of unbranched alkanes of at least 4 members (excludes halogenated alkanes) is 5. The van der Waals surface area contributed by atoms with Crippen LogP contribution in [0.3, 0.4) is 0 Å². The van der Waals surface area contributed by atoms with Crippen molar-refractivity contribution >= 4 is 40.9 Å². The molecule has 1 heterocycles. The largest absolute Gasteiger partial charge is 0.543 e. The predicted octanol–water partition coefficient (Wildman–Crippen LogP) is 31.1. The fraction of sp³-hybridized carbons (Fsp3) is 0.400. The molecular formula is C105H128N2O5Si. The van der Waals surface area contributed by atoms with E-state index in [-0.39, 0.29) is 5.04 Å². The van der Waals surface area contributed by atoms with E-state index >= 15 is 0 Å². The summed E-state index contributed by atoms with van der Waals surface area (Å²) in [6, 6.07) is 81.7. The van der Waals surface area contributed by atoms with Crippen molar-refractivity contribution in [2.45, 2.75) is 223 Å². The molecule has 0 bridgehead atoms. The molecule has 1 aromatic heterocycles. The SMILES string of the molecule is CCCCc1ccc(-n2c(-c3ccccc3O[Si](C)(C)C(C)(C)C)nc3c4ccc(-c5cc(-c6ccc(OCC(CC)CCCC)cc6)cc(-c6ccc(OCC(CC)CCCC)cc6)c5)cc4c4cc(-c5cc(-c6ccc(OCC(CC)CCCC)cc6)cc(-c6ccc(OCC(CC)CCCC)cc6)c5)ccc4c32)cc1. The van der Waals surface area contributed by atoms with Crippen molar-refractivity contribution in [1.82, 2.24) is 9.55 Å². The zero-order valence-electron chi connectivity index (χ0n) is 70.8. The summed E-state index contributed by atoms with van der Waals surface area (Å²) in [7, 11) is -2.36. The number of hydrogen-bond acceptors (Lipinski definition) is 6. The van der Waals surface area contributed by atoms with Gasteiger partial charge in [0.1, 0.15) is 34.6 Å². The molecule has 0 aliphatic heterocycles. The van der Waals surface area contributed by atoms with Gasteiger partial charge in [0.05, 0.1) is 43.0 Å². The Hall–Kier alpha value is -9.37. The number of rotatable bonds is 41. The van der Waals surface area contributed by atoms with Crippen LogP contribution >= 0.6 is 0 Å². The van der Waals surface area contributed by atoms with Gasteiger partial charge in [0.2, 0.25) is 0 Å². The molecule has 11 aromatic carbocycles. The van der Waals surface area contributed by atoms with E-state index in [1.165, 1.54) is 82.6 Å². The minimum atomic E-state index is -2.36. The molecule has 8 heteroatoms. The molecule has 113 heavy (non-hydrogen) atoms. The van der Waals surface area contributed by atoms with E-state index in [9.17, 15) is 0 Å². The molecule has 592 valence electrons. The van der Waals surface area contributed by atoms with Gasteiger partial charge in [0.15, 0.2) is 0 Å². The molecule has 12 rings (SSSR count). The summed E-state index contributed by atoms with van der Waals surface area (Å²) in [6.45, 7) is 35.0. The van der Waals surface area contributed by atoms with Crippen molar-refractivity contribution in [2.75, 3.05) is 26.4 Å². The van der Waals surface area contributed by atoms with Gasteiger partial charge in [-0.25, -0.2) is 4.98 Å². The van der Waals surface area contributed by atoms with Crippen LogP contribution in [0.2, 0.25) is 18.1 Å². The average Bonchev–Trinajstić information content (AvgIpc) is 1.61. The second-order valence-electron chi connectivity index (χ2n) is 33.7. The van der Waals surface area contributed by atoms with Crippen molar-refractivity contribution in [3.63, 3.8) is 0 Å². The first-order valence-electron chi connectivity index (χ1n) is 43.5. The van der Waals surface area contributed by atoms with Crippen molar-refractivity contribution in [1.29, 1.82) is 0 Å². The second kappa shape index (κ2) is 39.6.